The minimum atomic E-state index is -3.78. The van der Waals surface area contributed by atoms with Crippen LogP contribution in [-0.4, -0.2) is 155 Å². The summed E-state index contributed by atoms with van der Waals surface area (Å²) in [6.45, 7) is 8.13. The summed E-state index contributed by atoms with van der Waals surface area (Å²) < 4.78 is 103. The van der Waals surface area contributed by atoms with Gasteiger partial charge in [0.2, 0.25) is 17.7 Å². The lowest BCUT2D eigenvalue weighted by Gasteiger charge is -2.41. The number of nitrogens with zero attached hydrogens (tertiary/aromatic N) is 11. The van der Waals surface area contributed by atoms with Gasteiger partial charge in [0, 0.05) is 141 Å². The fraction of sp³-hybridized carbons (Fsp3) is 0.268. The Morgan fingerprint density at radius 1 is 0.673 bits per heavy atom. The number of rotatable bonds is 18. The van der Waals surface area contributed by atoms with Crippen molar-refractivity contribution in [3.63, 3.8) is 0 Å². The summed E-state index contributed by atoms with van der Waals surface area (Å²) in [5, 5.41) is 5.46. The van der Waals surface area contributed by atoms with Crippen molar-refractivity contribution in [3.05, 3.63) is 209 Å². The van der Waals surface area contributed by atoms with E-state index in [0.29, 0.717) is 54.3 Å². The third-order valence-electron chi connectivity index (χ3n) is 18.0. The number of aromatic nitrogens is 5. The molecular formula is C71H81Cl2FN14O11S5. The van der Waals surface area contributed by atoms with E-state index in [-0.39, 0.29) is 86.5 Å². The quantitative estimate of drug-likeness (QED) is 0.0719. The fourth-order valence-electron chi connectivity index (χ4n) is 12.6. The number of thiazole rings is 2. The van der Waals surface area contributed by atoms with Gasteiger partial charge in [-0.3, -0.25) is 33.3 Å². The number of carbonyl (C=O) groups is 4. The number of nitrogens with one attached hydrogen (secondary N) is 3. The molecule has 14 rings (SSSR count). The number of ether oxygens (including phenoxy) is 1. The standard InChI is InChI=1S/C25H27N5O3S.C24H22ClN5O4S2.C22H22ClFN4O4S2.5H2/c31-25(30-15-3-5-19-4-1-2-6-23(19)30)20-12-16-29(17-13-20)21-7-9-22(10-8-21)34(32,33)28-24-11-14-26-18-27-24;1-16(29-10-8-17-2-3-18(25)14-21(17)29)23(32)28-11-12-30(22(31)15-28)19-4-6-20(7-5-19)36(33,34)27-24-26-9-13-35-24;1-15-13-27(9-10-28(15)21(29)14-32-17-4-7-20(24)19(23)12-17)16-2-5-18(6-3-16)34(30,31)26-22-25-8-11-33-22;;;;;/h1-2,4,6-11,14,18,20H,3,5,12-13,15-17H2,(H,26,27,28);2-10,13-14,16H,11-12,15H2,1H3,(H,26,27);2-8,11-12,15H,9-10,13-14H2,1H3,(H,25,26);5*1H/t;16-;15-;;;;;/m.01...../s1. The average molecular weight is 1560 g/mol. The number of amides is 4. The summed E-state index contributed by atoms with van der Waals surface area (Å²) in [7, 11) is -11.2. The van der Waals surface area contributed by atoms with Crippen LogP contribution in [0.4, 0.5) is 43.2 Å². The highest BCUT2D eigenvalue weighted by Crippen LogP contribution is 2.34. The smallest absolute Gasteiger partial charge is 0.263 e. The average Bonchev–Trinajstić information content (AvgIpc) is 1.70. The molecule has 0 radical (unpaired) electrons. The van der Waals surface area contributed by atoms with Gasteiger partial charge in [0.1, 0.15) is 36.3 Å². The maximum absolute atomic E-state index is 13.3. The largest absolute Gasteiger partial charge is 0.484 e. The normalized spacial score (nSPS) is 16.1. The molecule has 3 N–H and O–H groups in total. The van der Waals surface area contributed by atoms with Crippen LogP contribution in [0.1, 0.15) is 51.8 Å². The zero-order valence-corrected chi connectivity index (χ0v) is 61.7. The Morgan fingerprint density at radius 2 is 1.30 bits per heavy atom. The van der Waals surface area contributed by atoms with Gasteiger partial charge in [0.05, 0.1) is 25.2 Å². The Labute approximate surface area is 626 Å². The summed E-state index contributed by atoms with van der Waals surface area (Å²) in [5.74, 6) is -0.335. The minimum Gasteiger partial charge on any atom is -0.484 e. The van der Waals surface area contributed by atoms with Gasteiger partial charge in [-0.2, -0.15) is 0 Å². The molecule has 0 spiro atoms. The Balaban J connectivity index is 0.000000223. The number of sulfonamides is 3. The molecule has 25 nitrogen and oxygen atoms in total. The third kappa shape index (κ3) is 17.7. The predicted octanol–water partition coefficient (Wildman–Crippen LogP) is 12.5. The number of carbonyl (C=O) groups excluding carboxylic acids is 4. The SMILES string of the molecule is C[C@@H](C(=O)N1CCN(c2ccc(S(=O)(=O)Nc3nccs3)cc2)C(=O)C1)n1ccc2ccc(Cl)cc21.C[C@@H]1CN(c2ccc(S(=O)(=O)Nc3nccs3)cc2)CCN1C(=O)COc1ccc(F)c(Cl)c1.O=C(C1CCN(c2ccc(S(=O)(=O)Nc3ccncn3)cc2)CC1)N1CCCc2ccccc21.[HH].[HH].[HH].[HH].[HH]. The number of piperazine rings is 2. The first-order valence-corrected chi connectivity index (χ1v) is 40.0. The molecule has 0 bridgehead atoms. The van der Waals surface area contributed by atoms with Crippen molar-refractivity contribution in [1.82, 2.24) is 34.3 Å². The van der Waals surface area contributed by atoms with Gasteiger partial charge in [-0.1, -0.05) is 47.5 Å². The van der Waals surface area contributed by atoms with Crippen LogP contribution >= 0.6 is 45.9 Å². The number of aryl methyl sites for hydroxylation is 1. The first-order valence-electron chi connectivity index (χ1n) is 33.0. The number of benzene rings is 6. The van der Waals surface area contributed by atoms with Crippen LogP contribution < -0.4 is 38.5 Å². The number of hydrogen-bond donors (Lipinski definition) is 3. The maximum atomic E-state index is 13.3. The molecule has 104 heavy (non-hydrogen) atoms. The van der Waals surface area contributed by atoms with Crippen molar-refractivity contribution >= 4 is 149 Å². The lowest BCUT2D eigenvalue weighted by molar-refractivity contribution is -0.139. The Hall–Kier alpha value is -9.76. The molecule has 10 aromatic rings. The van der Waals surface area contributed by atoms with Gasteiger partial charge in [0.15, 0.2) is 16.9 Å². The molecule has 33 heteroatoms. The first-order chi connectivity index (χ1) is 50.0. The second kappa shape index (κ2) is 32.5. The van der Waals surface area contributed by atoms with E-state index in [1.807, 2.05) is 65.1 Å². The number of hydrogen-bond acceptors (Lipinski definition) is 19. The maximum Gasteiger partial charge on any atom is 0.263 e. The third-order valence-corrected chi connectivity index (χ3v) is 24.3. The predicted molar refractivity (Wildman–Crippen MR) is 412 cm³/mol. The molecule has 0 aliphatic carbocycles. The summed E-state index contributed by atoms with van der Waals surface area (Å²) >= 11 is 14.3. The molecule has 0 unspecified atom stereocenters. The van der Waals surface area contributed by atoms with Crippen molar-refractivity contribution in [2.75, 3.05) is 99.3 Å². The molecule has 8 heterocycles. The second-order valence-electron chi connectivity index (χ2n) is 24.7. The van der Waals surface area contributed by atoms with Gasteiger partial charge in [-0.25, -0.2) is 49.6 Å². The van der Waals surface area contributed by atoms with Gasteiger partial charge in [0.25, 0.3) is 36.0 Å². The van der Waals surface area contributed by atoms with E-state index in [9.17, 15) is 48.8 Å². The lowest BCUT2D eigenvalue weighted by atomic mass is 9.93. The van der Waals surface area contributed by atoms with E-state index in [0.717, 1.165) is 73.3 Å². The molecule has 4 amide bonds. The van der Waals surface area contributed by atoms with Crippen LogP contribution in [0.5, 0.6) is 5.75 Å². The lowest BCUT2D eigenvalue weighted by Crippen LogP contribution is -2.55. The number of fused-ring (bicyclic) bond motifs is 2. The Morgan fingerprint density at radius 3 is 1.89 bits per heavy atom. The van der Waals surface area contributed by atoms with E-state index in [4.69, 9.17) is 27.9 Å². The van der Waals surface area contributed by atoms with Crippen molar-refractivity contribution in [3.8, 4) is 5.75 Å². The van der Waals surface area contributed by atoms with Crippen LogP contribution in [0.3, 0.4) is 0 Å². The van der Waals surface area contributed by atoms with Crippen LogP contribution in [-0.2, 0) is 55.7 Å². The zero-order valence-electron chi connectivity index (χ0n) is 56.1. The monoisotopic (exact) mass is 1550 g/mol. The van der Waals surface area contributed by atoms with Gasteiger partial charge >= 0.3 is 0 Å². The summed E-state index contributed by atoms with van der Waals surface area (Å²) in [4.78, 5) is 79.2. The van der Waals surface area contributed by atoms with E-state index >= 15 is 0 Å². The molecule has 3 fully saturated rings. The molecule has 0 saturated carbocycles. The van der Waals surface area contributed by atoms with Crippen molar-refractivity contribution in [2.45, 2.75) is 66.3 Å². The van der Waals surface area contributed by atoms with E-state index in [2.05, 4.69) is 56.0 Å². The molecule has 6 aromatic carbocycles. The van der Waals surface area contributed by atoms with Crippen molar-refractivity contribution in [1.29, 1.82) is 0 Å². The van der Waals surface area contributed by atoms with Crippen molar-refractivity contribution < 1.29 is 60.7 Å². The molecule has 4 aromatic heterocycles. The van der Waals surface area contributed by atoms with Crippen LogP contribution in [0, 0.1) is 11.7 Å². The summed E-state index contributed by atoms with van der Waals surface area (Å²) in [6, 6.07) is 40.0. The van der Waals surface area contributed by atoms with Gasteiger partial charge in [-0.05, 0) is 166 Å². The molecule has 552 valence electrons. The summed E-state index contributed by atoms with van der Waals surface area (Å²) in [5.41, 5.74) is 5.56. The number of para-hydroxylation sites is 1. The highest BCUT2D eigenvalue weighted by molar-refractivity contribution is 7.93. The molecular weight excluding hydrogens is 1480 g/mol. The molecule has 4 aliphatic rings. The summed E-state index contributed by atoms with van der Waals surface area (Å²) in [6.07, 6.45) is 11.3. The van der Waals surface area contributed by atoms with E-state index < -0.39 is 41.9 Å². The zero-order chi connectivity index (χ0) is 73.3. The van der Waals surface area contributed by atoms with Crippen LogP contribution in [0.2, 0.25) is 10.0 Å². The number of anilines is 7. The highest BCUT2D eigenvalue weighted by Gasteiger charge is 2.35. The van der Waals surface area contributed by atoms with E-state index in [1.165, 1.54) is 89.6 Å². The van der Waals surface area contributed by atoms with Crippen LogP contribution in [0.15, 0.2) is 202 Å². The van der Waals surface area contributed by atoms with Gasteiger partial charge in [-0.15, -0.1) is 22.7 Å². The number of halogens is 3. The minimum absolute atomic E-state index is 0. The molecule has 2 atom stereocenters. The number of piperidine rings is 1. The van der Waals surface area contributed by atoms with Crippen molar-refractivity contribution in [2.24, 2.45) is 5.92 Å². The van der Waals surface area contributed by atoms with E-state index in [1.54, 1.807) is 87.0 Å². The topological polar surface area (TPSA) is 292 Å². The Bertz CT molecular complexity index is 5080. The van der Waals surface area contributed by atoms with Gasteiger partial charge < -0.3 is 38.7 Å². The molecule has 3 saturated heterocycles. The first kappa shape index (κ1) is 74.0. The second-order valence-corrected chi connectivity index (χ2v) is 32.4. The fourth-order valence-corrected chi connectivity index (χ4v) is 17.5. The Kier molecular flexibility index (Phi) is 23.1. The van der Waals surface area contributed by atoms with Crippen LogP contribution in [0.25, 0.3) is 10.9 Å². The molecule has 4 aliphatic heterocycles. The highest BCUT2D eigenvalue weighted by atomic mass is 35.5.